The number of aromatic nitrogens is 2. The van der Waals surface area contributed by atoms with Crippen LogP contribution in [-0.2, 0) is 4.79 Å². The summed E-state index contributed by atoms with van der Waals surface area (Å²) in [5, 5.41) is 3.17. The Morgan fingerprint density at radius 3 is 2.65 bits per heavy atom. The standard InChI is InChI=1S/C23H30N4O2S2/c1-4-6-7-8-9-10-13-27-22(29)18(31-23(27)30)15-17-19(24-5-2)25-20-16(3)12-11-14-26(20)21(17)28/h11-12,14-15,24H,4-10,13H2,1-3H3. The number of thioether (sulfide) groups is 1. The van der Waals surface area contributed by atoms with Crippen LogP contribution in [0.5, 0.6) is 0 Å². The van der Waals surface area contributed by atoms with Crippen LogP contribution in [0.2, 0.25) is 0 Å². The van der Waals surface area contributed by atoms with Gasteiger partial charge in [-0.25, -0.2) is 4.98 Å². The van der Waals surface area contributed by atoms with E-state index in [9.17, 15) is 9.59 Å². The van der Waals surface area contributed by atoms with Gasteiger partial charge < -0.3 is 5.32 Å². The van der Waals surface area contributed by atoms with E-state index in [0.29, 0.717) is 39.3 Å². The van der Waals surface area contributed by atoms with E-state index in [1.165, 1.54) is 41.8 Å². The van der Waals surface area contributed by atoms with Crippen molar-refractivity contribution in [2.24, 2.45) is 0 Å². The number of carbonyl (C=O) groups is 1. The summed E-state index contributed by atoms with van der Waals surface area (Å²) in [5.41, 5.74) is 1.70. The van der Waals surface area contributed by atoms with Crippen molar-refractivity contribution in [2.75, 3.05) is 18.4 Å². The number of thiocarbonyl (C=S) groups is 1. The number of hydrogen-bond acceptors (Lipinski definition) is 6. The van der Waals surface area contributed by atoms with Crippen LogP contribution in [0.3, 0.4) is 0 Å². The van der Waals surface area contributed by atoms with Gasteiger partial charge in [0.2, 0.25) is 0 Å². The molecule has 6 nitrogen and oxygen atoms in total. The number of rotatable bonds is 10. The normalized spacial score (nSPS) is 15.5. The SMILES string of the molecule is CCCCCCCCN1C(=O)C(=Cc2c(NCC)nc3c(C)cccn3c2=O)SC1=S. The molecule has 1 saturated heterocycles. The summed E-state index contributed by atoms with van der Waals surface area (Å²) in [6, 6.07) is 3.74. The van der Waals surface area contributed by atoms with E-state index >= 15 is 0 Å². The molecular formula is C23H30N4O2S2. The quantitative estimate of drug-likeness (QED) is 0.307. The van der Waals surface area contributed by atoms with Crippen molar-refractivity contribution >= 4 is 51.7 Å². The minimum Gasteiger partial charge on any atom is -0.370 e. The second-order valence-corrected chi connectivity index (χ2v) is 9.37. The number of anilines is 1. The van der Waals surface area contributed by atoms with Crippen molar-refractivity contribution in [1.82, 2.24) is 14.3 Å². The van der Waals surface area contributed by atoms with Gasteiger partial charge in [0.15, 0.2) is 0 Å². The van der Waals surface area contributed by atoms with Gasteiger partial charge in [-0.1, -0.05) is 69.1 Å². The highest BCUT2D eigenvalue weighted by molar-refractivity contribution is 8.26. The summed E-state index contributed by atoms with van der Waals surface area (Å²) in [7, 11) is 0. The molecule has 1 N–H and O–H groups in total. The fraction of sp³-hybridized carbons (Fsp3) is 0.478. The molecule has 2 aromatic heterocycles. The summed E-state index contributed by atoms with van der Waals surface area (Å²) in [6.07, 6.45) is 10.3. The zero-order valence-corrected chi connectivity index (χ0v) is 20.1. The Morgan fingerprint density at radius 1 is 1.16 bits per heavy atom. The number of amides is 1. The van der Waals surface area contributed by atoms with Gasteiger partial charge in [0.05, 0.1) is 10.5 Å². The Balaban J connectivity index is 1.85. The van der Waals surface area contributed by atoms with E-state index < -0.39 is 0 Å². The third-order valence-corrected chi connectivity index (χ3v) is 6.69. The zero-order chi connectivity index (χ0) is 22.4. The second-order valence-electron chi connectivity index (χ2n) is 7.70. The first-order valence-electron chi connectivity index (χ1n) is 11.0. The van der Waals surface area contributed by atoms with Crippen molar-refractivity contribution in [3.05, 3.63) is 44.7 Å². The lowest BCUT2D eigenvalue weighted by molar-refractivity contribution is -0.122. The van der Waals surface area contributed by atoms with E-state index in [2.05, 4.69) is 17.2 Å². The molecule has 31 heavy (non-hydrogen) atoms. The number of fused-ring (bicyclic) bond motifs is 1. The van der Waals surface area contributed by atoms with Crippen LogP contribution in [-0.4, -0.2) is 37.6 Å². The van der Waals surface area contributed by atoms with Gasteiger partial charge >= 0.3 is 0 Å². The molecule has 0 aliphatic carbocycles. The van der Waals surface area contributed by atoms with Crippen LogP contribution in [0.1, 0.15) is 63.5 Å². The average Bonchev–Trinajstić information content (AvgIpc) is 3.01. The minimum atomic E-state index is -0.203. The summed E-state index contributed by atoms with van der Waals surface area (Å²) in [6.45, 7) is 7.32. The number of nitrogens with one attached hydrogen (secondary N) is 1. The average molecular weight is 459 g/mol. The molecule has 2 aromatic rings. The Hall–Kier alpha value is -2.19. The van der Waals surface area contributed by atoms with Crippen LogP contribution < -0.4 is 10.9 Å². The Kier molecular flexibility index (Phi) is 8.26. The van der Waals surface area contributed by atoms with Gasteiger partial charge in [0.1, 0.15) is 15.8 Å². The third kappa shape index (κ3) is 5.36. The number of hydrogen-bond donors (Lipinski definition) is 1. The van der Waals surface area contributed by atoms with Gasteiger partial charge in [-0.05, 0) is 38.0 Å². The van der Waals surface area contributed by atoms with Gasteiger partial charge in [0.25, 0.3) is 11.5 Å². The fourth-order valence-corrected chi connectivity index (χ4v) is 4.91. The Bertz CT molecular complexity index is 1060. The highest BCUT2D eigenvalue weighted by Crippen LogP contribution is 2.33. The van der Waals surface area contributed by atoms with Crippen LogP contribution in [0.15, 0.2) is 28.0 Å². The highest BCUT2D eigenvalue weighted by atomic mass is 32.2. The summed E-state index contributed by atoms with van der Waals surface area (Å²) in [5.74, 6) is 0.364. The van der Waals surface area contributed by atoms with Crippen molar-refractivity contribution in [3.8, 4) is 0 Å². The maximum Gasteiger partial charge on any atom is 0.267 e. The molecule has 3 rings (SSSR count). The molecule has 0 unspecified atom stereocenters. The molecule has 0 atom stereocenters. The van der Waals surface area contributed by atoms with Gasteiger partial charge in [-0.15, -0.1) is 0 Å². The van der Waals surface area contributed by atoms with E-state index in [0.717, 1.165) is 18.4 Å². The lowest BCUT2D eigenvalue weighted by Gasteiger charge is -2.14. The molecule has 0 aromatic carbocycles. The third-order valence-electron chi connectivity index (χ3n) is 5.31. The number of nitrogens with zero attached hydrogens (tertiary/aromatic N) is 3. The highest BCUT2D eigenvalue weighted by Gasteiger charge is 2.32. The molecule has 0 radical (unpaired) electrons. The van der Waals surface area contributed by atoms with Crippen LogP contribution >= 0.6 is 24.0 Å². The van der Waals surface area contributed by atoms with E-state index in [4.69, 9.17) is 12.2 Å². The maximum atomic E-state index is 13.2. The zero-order valence-electron chi connectivity index (χ0n) is 18.4. The number of unbranched alkanes of at least 4 members (excludes halogenated alkanes) is 5. The monoisotopic (exact) mass is 458 g/mol. The van der Waals surface area contributed by atoms with Gasteiger partial charge in [-0.2, -0.15) is 0 Å². The smallest absolute Gasteiger partial charge is 0.267 e. The topological polar surface area (TPSA) is 66.7 Å². The fourth-order valence-electron chi connectivity index (χ4n) is 3.62. The van der Waals surface area contributed by atoms with Crippen molar-refractivity contribution in [3.63, 3.8) is 0 Å². The maximum absolute atomic E-state index is 13.2. The Morgan fingerprint density at radius 2 is 1.90 bits per heavy atom. The molecule has 1 fully saturated rings. The molecular weight excluding hydrogens is 428 g/mol. The lowest BCUT2D eigenvalue weighted by Crippen LogP contribution is -2.29. The first kappa shape index (κ1) is 23.5. The molecule has 1 aliphatic rings. The minimum absolute atomic E-state index is 0.125. The molecule has 1 amide bonds. The second kappa shape index (κ2) is 10.9. The molecule has 0 saturated carbocycles. The predicted molar refractivity (Wildman–Crippen MR) is 134 cm³/mol. The molecule has 3 heterocycles. The van der Waals surface area contributed by atoms with E-state index in [-0.39, 0.29) is 11.5 Å². The van der Waals surface area contributed by atoms with Crippen LogP contribution in [0, 0.1) is 6.92 Å². The number of aryl methyl sites for hydroxylation is 1. The molecule has 0 bridgehead atoms. The lowest BCUT2D eigenvalue weighted by atomic mass is 10.1. The van der Waals surface area contributed by atoms with Crippen molar-refractivity contribution in [1.29, 1.82) is 0 Å². The first-order valence-corrected chi connectivity index (χ1v) is 12.2. The first-order chi connectivity index (χ1) is 15.0. The molecule has 0 spiro atoms. The summed E-state index contributed by atoms with van der Waals surface area (Å²) >= 11 is 6.71. The molecule has 1 aliphatic heterocycles. The number of pyridine rings is 1. The predicted octanol–water partition coefficient (Wildman–Crippen LogP) is 5.00. The van der Waals surface area contributed by atoms with Crippen LogP contribution in [0.4, 0.5) is 5.82 Å². The van der Waals surface area contributed by atoms with Gasteiger partial charge in [-0.3, -0.25) is 18.9 Å². The van der Waals surface area contributed by atoms with Crippen molar-refractivity contribution < 1.29 is 4.79 Å². The van der Waals surface area contributed by atoms with Crippen molar-refractivity contribution in [2.45, 2.75) is 59.3 Å². The van der Waals surface area contributed by atoms with E-state index in [1.807, 2.05) is 26.0 Å². The summed E-state index contributed by atoms with van der Waals surface area (Å²) < 4.78 is 2.08. The largest absolute Gasteiger partial charge is 0.370 e. The van der Waals surface area contributed by atoms with Crippen LogP contribution in [0.25, 0.3) is 11.7 Å². The number of carbonyl (C=O) groups excluding carboxylic acids is 1. The Labute approximate surface area is 193 Å². The van der Waals surface area contributed by atoms with E-state index in [1.54, 1.807) is 17.2 Å². The molecule has 166 valence electrons. The van der Waals surface area contributed by atoms with Gasteiger partial charge in [0, 0.05) is 19.3 Å². The molecule has 8 heteroatoms. The summed E-state index contributed by atoms with van der Waals surface area (Å²) in [4.78, 5) is 33.0.